The molecule has 0 fully saturated rings. The molecule has 1 aromatic heterocycles. The second-order valence-corrected chi connectivity index (χ2v) is 10.4. The van der Waals surface area contributed by atoms with Crippen LogP contribution in [0.25, 0.3) is 0 Å². The summed E-state index contributed by atoms with van der Waals surface area (Å²) in [6.07, 6.45) is 7.11. The van der Waals surface area contributed by atoms with Crippen LogP contribution in [-0.2, 0) is 23.1 Å². The zero-order valence-electron chi connectivity index (χ0n) is 22.6. The quantitative estimate of drug-likeness (QED) is 0.155. The predicted octanol–water partition coefficient (Wildman–Crippen LogP) is 4.58. The van der Waals surface area contributed by atoms with Gasteiger partial charge in [0, 0.05) is 30.2 Å². The molecule has 9 nitrogen and oxygen atoms in total. The highest BCUT2D eigenvalue weighted by atomic mass is 32.2. The van der Waals surface area contributed by atoms with Gasteiger partial charge in [-0.2, -0.15) is 0 Å². The number of unbranched alkanes of at least 4 members (excludes halogenated alkanes) is 5. The van der Waals surface area contributed by atoms with Crippen LogP contribution in [0.1, 0.15) is 72.1 Å². The summed E-state index contributed by atoms with van der Waals surface area (Å²) in [4.78, 5) is 37.1. The monoisotopic (exact) mass is 535 g/mol. The van der Waals surface area contributed by atoms with E-state index in [1.54, 1.807) is 18.7 Å². The van der Waals surface area contributed by atoms with E-state index < -0.39 is 11.2 Å². The summed E-state index contributed by atoms with van der Waals surface area (Å²) < 4.78 is 19.1. The van der Waals surface area contributed by atoms with Gasteiger partial charge < -0.3 is 14.2 Å². The molecular weight excluding hydrogens is 494 g/mol. The lowest BCUT2D eigenvalue weighted by Gasteiger charge is -2.13. The van der Waals surface area contributed by atoms with E-state index in [4.69, 9.17) is 14.2 Å². The minimum Gasteiger partial charge on any atom is -0.494 e. The van der Waals surface area contributed by atoms with Gasteiger partial charge in [0.05, 0.1) is 13.2 Å². The number of rotatable bonds is 18. The van der Waals surface area contributed by atoms with Gasteiger partial charge in [-0.1, -0.05) is 45.6 Å². The lowest BCUT2D eigenvalue weighted by Crippen LogP contribution is -2.40. The van der Waals surface area contributed by atoms with Gasteiger partial charge >= 0.3 is 17.2 Å². The first kappa shape index (κ1) is 30.5. The Kier molecular flexibility index (Phi) is 13.9. The zero-order chi connectivity index (χ0) is 27.0. The second kappa shape index (κ2) is 16.9. The summed E-state index contributed by atoms with van der Waals surface area (Å²) in [5, 5.41) is 4.30. The van der Waals surface area contributed by atoms with Crippen LogP contribution in [0.5, 0.6) is 11.6 Å². The van der Waals surface area contributed by atoms with Crippen molar-refractivity contribution in [3.63, 3.8) is 0 Å². The highest BCUT2D eigenvalue weighted by Gasteiger charge is 2.12. The number of aryl methyl sites for hydroxylation is 1. The number of carbonyl (C=O) groups excluding carboxylic acids is 1. The van der Waals surface area contributed by atoms with Crippen molar-refractivity contribution in [2.24, 2.45) is 7.05 Å². The van der Waals surface area contributed by atoms with E-state index in [0.29, 0.717) is 39.2 Å². The highest BCUT2D eigenvalue weighted by molar-refractivity contribution is 8.00. The molecule has 0 spiro atoms. The van der Waals surface area contributed by atoms with E-state index in [1.165, 1.54) is 18.2 Å². The normalized spacial score (nSPS) is 11.8. The van der Waals surface area contributed by atoms with Crippen LogP contribution < -0.4 is 20.7 Å². The molecule has 1 unspecified atom stereocenters. The van der Waals surface area contributed by atoms with E-state index in [2.05, 4.69) is 12.0 Å². The number of benzene rings is 1. The zero-order valence-corrected chi connectivity index (χ0v) is 23.4. The maximum atomic E-state index is 12.4. The molecular formula is C27H41N3O6S. The maximum absolute atomic E-state index is 12.4. The summed E-state index contributed by atoms with van der Waals surface area (Å²) in [6, 6.07) is 7.81. The molecule has 0 amide bonds. The molecule has 0 aliphatic carbocycles. The van der Waals surface area contributed by atoms with Crippen molar-refractivity contribution in [3.05, 3.63) is 45.1 Å². The molecule has 0 saturated heterocycles. The molecule has 2 aromatic rings. The number of esters is 1. The van der Waals surface area contributed by atoms with Gasteiger partial charge in [-0.3, -0.25) is 14.2 Å². The van der Waals surface area contributed by atoms with Gasteiger partial charge in [-0.05, 0) is 44.4 Å². The van der Waals surface area contributed by atoms with Gasteiger partial charge in [-0.15, -0.1) is 16.9 Å². The first-order valence-electron chi connectivity index (χ1n) is 13.2. The Morgan fingerprint density at radius 1 is 1.03 bits per heavy atom. The fourth-order valence-electron chi connectivity index (χ4n) is 3.48. The predicted molar refractivity (Wildman–Crippen MR) is 146 cm³/mol. The number of hydrogen-bond acceptors (Lipinski definition) is 8. The topological polar surface area (TPSA) is 102 Å². The molecule has 0 radical (unpaired) electrons. The molecule has 37 heavy (non-hydrogen) atoms. The summed E-state index contributed by atoms with van der Waals surface area (Å²) in [5.74, 6) is 0.536. The van der Waals surface area contributed by atoms with E-state index in [0.717, 1.165) is 47.3 Å². The number of hydrogen-bond donors (Lipinski definition) is 0. The van der Waals surface area contributed by atoms with Crippen LogP contribution in [0.4, 0.5) is 0 Å². The lowest BCUT2D eigenvalue weighted by atomic mass is 10.1. The third kappa shape index (κ3) is 11.0. The van der Waals surface area contributed by atoms with Gasteiger partial charge in [-0.25, -0.2) is 9.48 Å². The maximum Gasteiger partial charge on any atom is 0.347 e. The Morgan fingerprint density at radius 2 is 1.76 bits per heavy atom. The average molecular weight is 536 g/mol. The van der Waals surface area contributed by atoms with Gasteiger partial charge in [0.25, 0.3) is 5.88 Å². The van der Waals surface area contributed by atoms with Gasteiger partial charge in [0.2, 0.25) is 0 Å². The summed E-state index contributed by atoms with van der Waals surface area (Å²) in [6.45, 7) is 7.61. The summed E-state index contributed by atoms with van der Waals surface area (Å²) >= 11 is 1.63. The van der Waals surface area contributed by atoms with Crippen molar-refractivity contribution >= 4 is 17.7 Å². The van der Waals surface area contributed by atoms with Gasteiger partial charge in [0.15, 0.2) is 0 Å². The molecule has 1 aromatic carbocycles. The van der Waals surface area contributed by atoms with E-state index in [-0.39, 0.29) is 17.1 Å². The summed E-state index contributed by atoms with van der Waals surface area (Å²) in [5.41, 5.74) is -0.936. The Morgan fingerprint density at radius 3 is 2.49 bits per heavy atom. The largest absolute Gasteiger partial charge is 0.494 e. The molecule has 0 aliphatic rings. The first-order valence-corrected chi connectivity index (χ1v) is 14.1. The highest BCUT2D eigenvalue weighted by Crippen LogP contribution is 2.27. The third-order valence-corrected chi connectivity index (χ3v) is 6.70. The SMILES string of the molecule is CCCCCCCn1nc(OCCCCOc2cccc(SC(C)COC(=O)CC)c2)c(=O)n(C)c1=O. The van der Waals surface area contributed by atoms with Crippen LogP contribution in [-0.4, -0.2) is 45.4 Å². The van der Waals surface area contributed by atoms with E-state index in [1.807, 2.05) is 31.2 Å². The second-order valence-electron chi connectivity index (χ2n) is 8.93. The number of aromatic nitrogens is 3. The van der Waals surface area contributed by atoms with Crippen LogP contribution in [0.2, 0.25) is 0 Å². The van der Waals surface area contributed by atoms with Crippen molar-refractivity contribution in [1.29, 1.82) is 0 Å². The standard InChI is InChI=1S/C27H41N3O6S/c1-5-7-8-9-10-16-30-27(33)29(4)26(32)25(28-30)35-18-12-11-17-34-22-14-13-15-23(19-22)37-21(3)20-36-24(31)6-2/h13-15,19,21H,5-12,16-18,20H2,1-4H3. The average Bonchev–Trinajstić information content (AvgIpc) is 2.90. The molecule has 0 bridgehead atoms. The molecule has 206 valence electrons. The number of carbonyl (C=O) groups is 1. The fourth-order valence-corrected chi connectivity index (χ4v) is 4.42. The van der Waals surface area contributed by atoms with Crippen molar-refractivity contribution < 1.29 is 19.0 Å². The molecule has 1 heterocycles. The van der Waals surface area contributed by atoms with Crippen LogP contribution >= 0.6 is 11.8 Å². The van der Waals surface area contributed by atoms with Crippen LogP contribution in [0, 0.1) is 0 Å². The molecule has 2 rings (SSSR count). The minimum absolute atomic E-state index is 0.0416. The van der Waals surface area contributed by atoms with Crippen molar-refractivity contribution in [1.82, 2.24) is 14.3 Å². The van der Waals surface area contributed by atoms with Crippen molar-refractivity contribution in [2.75, 3.05) is 19.8 Å². The number of thioether (sulfide) groups is 1. The first-order chi connectivity index (χ1) is 17.8. The van der Waals surface area contributed by atoms with Crippen molar-refractivity contribution in [2.45, 2.75) is 88.8 Å². The molecule has 0 N–H and O–H groups in total. The Hall–Kier alpha value is -2.75. The van der Waals surface area contributed by atoms with Crippen LogP contribution in [0.15, 0.2) is 38.8 Å². The van der Waals surface area contributed by atoms with Gasteiger partial charge in [0.1, 0.15) is 12.4 Å². The lowest BCUT2D eigenvalue weighted by molar-refractivity contribution is -0.143. The Labute approximate surface area is 223 Å². The van der Waals surface area contributed by atoms with E-state index >= 15 is 0 Å². The molecule has 0 aliphatic heterocycles. The van der Waals surface area contributed by atoms with E-state index in [9.17, 15) is 14.4 Å². The Balaban J connectivity index is 1.75. The minimum atomic E-state index is -0.517. The Bertz CT molecular complexity index is 1080. The number of nitrogens with zero attached hydrogens (tertiary/aromatic N) is 3. The van der Waals surface area contributed by atoms with Crippen LogP contribution in [0.3, 0.4) is 0 Å². The smallest absolute Gasteiger partial charge is 0.347 e. The molecule has 10 heteroatoms. The third-order valence-electron chi connectivity index (χ3n) is 5.64. The number of ether oxygens (including phenoxy) is 3. The summed E-state index contributed by atoms with van der Waals surface area (Å²) in [7, 11) is 1.45. The fraction of sp³-hybridized carbons (Fsp3) is 0.630. The molecule has 0 saturated carbocycles. The van der Waals surface area contributed by atoms with Crippen molar-refractivity contribution in [3.8, 4) is 11.6 Å². The molecule has 1 atom stereocenters.